The molecular formula is C16H19BrN2S. The molecule has 1 fully saturated rings. The van der Waals surface area contributed by atoms with Crippen LogP contribution in [0.5, 0.6) is 0 Å². The van der Waals surface area contributed by atoms with Gasteiger partial charge in [-0.15, -0.1) is 11.3 Å². The van der Waals surface area contributed by atoms with Gasteiger partial charge in [-0.2, -0.15) is 0 Å². The van der Waals surface area contributed by atoms with E-state index in [1.165, 1.54) is 19.9 Å². The first-order valence-electron chi connectivity index (χ1n) is 6.99. The van der Waals surface area contributed by atoms with Gasteiger partial charge in [0, 0.05) is 43.3 Å². The summed E-state index contributed by atoms with van der Waals surface area (Å²) in [6.07, 6.45) is 0. The molecule has 0 N–H and O–H groups in total. The van der Waals surface area contributed by atoms with Crippen molar-refractivity contribution in [2.75, 3.05) is 31.1 Å². The van der Waals surface area contributed by atoms with E-state index in [2.05, 4.69) is 69.1 Å². The molecule has 106 valence electrons. The van der Waals surface area contributed by atoms with Crippen molar-refractivity contribution in [2.24, 2.45) is 0 Å². The third kappa shape index (κ3) is 3.43. The number of benzene rings is 1. The zero-order valence-corrected chi connectivity index (χ0v) is 14.1. The largest absolute Gasteiger partial charge is 0.369 e. The standard InChI is InChI=1S/C16H19BrN2S/c1-13-3-2-4-14(11-13)19-9-7-18(8-10-19)12-15-5-6-16(17)20-15/h2-6,11H,7-10,12H2,1H3. The van der Waals surface area contributed by atoms with E-state index in [0.29, 0.717) is 0 Å². The van der Waals surface area contributed by atoms with Crippen molar-refractivity contribution < 1.29 is 0 Å². The number of hydrogen-bond donors (Lipinski definition) is 0. The lowest BCUT2D eigenvalue weighted by Crippen LogP contribution is -2.45. The van der Waals surface area contributed by atoms with Gasteiger partial charge in [-0.05, 0) is 52.7 Å². The molecule has 2 aromatic rings. The minimum Gasteiger partial charge on any atom is -0.369 e. The number of anilines is 1. The van der Waals surface area contributed by atoms with Gasteiger partial charge in [0.15, 0.2) is 0 Å². The molecule has 0 bridgehead atoms. The Labute approximate surface area is 133 Å². The Kier molecular flexibility index (Phi) is 4.44. The van der Waals surface area contributed by atoms with E-state index in [-0.39, 0.29) is 0 Å². The monoisotopic (exact) mass is 350 g/mol. The van der Waals surface area contributed by atoms with Gasteiger partial charge in [-0.3, -0.25) is 4.90 Å². The van der Waals surface area contributed by atoms with Crippen LogP contribution in [0.4, 0.5) is 5.69 Å². The van der Waals surface area contributed by atoms with Crippen LogP contribution in [0.2, 0.25) is 0 Å². The fourth-order valence-electron chi connectivity index (χ4n) is 2.65. The highest BCUT2D eigenvalue weighted by Gasteiger charge is 2.17. The Morgan fingerprint density at radius 1 is 1.10 bits per heavy atom. The van der Waals surface area contributed by atoms with E-state index >= 15 is 0 Å². The predicted octanol–water partition coefficient (Wildman–Crippen LogP) is 4.14. The number of piperazine rings is 1. The van der Waals surface area contributed by atoms with Crippen LogP contribution in [0.15, 0.2) is 40.2 Å². The van der Waals surface area contributed by atoms with Crippen LogP contribution in [0.1, 0.15) is 10.4 Å². The number of aryl methyl sites for hydroxylation is 1. The lowest BCUT2D eigenvalue weighted by Gasteiger charge is -2.36. The first-order chi connectivity index (χ1) is 9.70. The van der Waals surface area contributed by atoms with E-state index < -0.39 is 0 Å². The number of rotatable bonds is 3. The first-order valence-corrected chi connectivity index (χ1v) is 8.60. The number of nitrogens with zero attached hydrogens (tertiary/aromatic N) is 2. The van der Waals surface area contributed by atoms with Crippen LogP contribution in [0.25, 0.3) is 0 Å². The second-order valence-corrected chi connectivity index (χ2v) is 7.86. The van der Waals surface area contributed by atoms with Crippen molar-refractivity contribution in [2.45, 2.75) is 13.5 Å². The van der Waals surface area contributed by atoms with Gasteiger partial charge < -0.3 is 4.90 Å². The van der Waals surface area contributed by atoms with Gasteiger partial charge in [0.2, 0.25) is 0 Å². The molecule has 2 heterocycles. The van der Waals surface area contributed by atoms with Gasteiger partial charge in [0.05, 0.1) is 3.79 Å². The van der Waals surface area contributed by atoms with Gasteiger partial charge in [-0.25, -0.2) is 0 Å². The Bertz CT molecular complexity index is 573. The second kappa shape index (κ2) is 6.29. The summed E-state index contributed by atoms with van der Waals surface area (Å²) in [4.78, 5) is 6.49. The Balaban J connectivity index is 1.57. The summed E-state index contributed by atoms with van der Waals surface area (Å²) in [5.41, 5.74) is 2.71. The third-order valence-corrected chi connectivity index (χ3v) is 5.36. The quantitative estimate of drug-likeness (QED) is 0.820. The third-order valence-electron chi connectivity index (χ3n) is 3.75. The normalized spacial score (nSPS) is 16.6. The van der Waals surface area contributed by atoms with E-state index in [4.69, 9.17) is 0 Å². The predicted molar refractivity (Wildman–Crippen MR) is 90.7 cm³/mol. The van der Waals surface area contributed by atoms with E-state index in [1.54, 1.807) is 0 Å². The molecule has 0 radical (unpaired) electrons. The summed E-state index contributed by atoms with van der Waals surface area (Å²) in [6, 6.07) is 13.2. The van der Waals surface area contributed by atoms with Gasteiger partial charge in [0.25, 0.3) is 0 Å². The van der Waals surface area contributed by atoms with Crippen LogP contribution < -0.4 is 4.90 Å². The minimum atomic E-state index is 1.08. The number of halogens is 1. The molecule has 1 aliphatic rings. The molecule has 4 heteroatoms. The smallest absolute Gasteiger partial charge is 0.0701 e. The summed E-state index contributed by atoms with van der Waals surface area (Å²) < 4.78 is 1.23. The van der Waals surface area contributed by atoms with E-state index in [9.17, 15) is 0 Å². The maximum atomic E-state index is 3.54. The van der Waals surface area contributed by atoms with Crippen molar-refractivity contribution >= 4 is 33.0 Å². The number of thiophene rings is 1. The zero-order valence-electron chi connectivity index (χ0n) is 11.7. The number of hydrogen-bond acceptors (Lipinski definition) is 3. The molecule has 0 unspecified atom stereocenters. The molecule has 1 aromatic heterocycles. The maximum Gasteiger partial charge on any atom is 0.0701 e. The van der Waals surface area contributed by atoms with Crippen LogP contribution in [0, 0.1) is 6.92 Å². The molecule has 20 heavy (non-hydrogen) atoms. The molecule has 1 saturated heterocycles. The second-order valence-electron chi connectivity index (χ2n) is 5.31. The maximum absolute atomic E-state index is 3.54. The first kappa shape index (κ1) is 14.1. The highest BCUT2D eigenvalue weighted by molar-refractivity contribution is 9.11. The Morgan fingerprint density at radius 2 is 1.90 bits per heavy atom. The van der Waals surface area contributed by atoms with Gasteiger partial charge in [0.1, 0.15) is 0 Å². The molecule has 3 rings (SSSR count). The van der Waals surface area contributed by atoms with E-state index in [0.717, 1.165) is 32.7 Å². The zero-order chi connectivity index (χ0) is 13.9. The molecule has 0 atom stereocenters. The van der Waals surface area contributed by atoms with E-state index in [1.807, 2.05) is 11.3 Å². The minimum absolute atomic E-state index is 1.08. The fourth-order valence-corrected chi connectivity index (χ4v) is 4.17. The topological polar surface area (TPSA) is 6.48 Å². The van der Waals surface area contributed by atoms with Gasteiger partial charge in [-0.1, -0.05) is 12.1 Å². The van der Waals surface area contributed by atoms with Crippen LogP contribution in [-0.4, -0.2) is 31.1 Å². The molecule has 0 aliphatic carbocycles. The van der Waals surface area contributed by atoms with Crippen LogP contribution in [-0.2, 0) is 6.54 Å². The fraction of sp³-hybridized carbons (Fsp3) is 0.375. The Hall–Kier alpha value is -0.840. The molecule has 0 spiro atoms. The summed E-state index contributed by atoms with van der Waals surface area (Å²) in [5, 5.41) is 0. The molecular weight excluding hydrogens is 332 g/mol. The average Bonchev–Trinajstić information content (AvgIpc) is 2.85. The highest BCUT2D eigenvalue weighted by Crippen LogP contribution is 2.24. The summed E-state index contributed by atoms with van der Waals surface area (Å²) >= 11 is 5.38. The average molecular weight is 351 g/mol. The Morgan fingerprint density at radius 3 is 2.55 bits per heavy atom. The van der Waals surface area contributed by atoms with Gasteiger partial charge >= 0.3 is 0 Å². The van der Waals surface area contributed by atoms with Crippen molar-refractivity contribution in [3.8, 4) is 0 Å². The summed E-state index contributed by atoms with van der Waals surface area (Å²) in [7, 11) is 0. The van der Waals surface area contributed by atoms with Crippen molar-refractivity contribution in [3.63, 3.8) is 0 Å². The van der Waals surface area contributed by atoms with Crippen LogP contribution >= 0.6 is 27.3 Å². The molecule has 0 amide bonds. The highest BCUT2D eigenvalue weighted by atomic mass is 79.9. The molecule has 0 saturated carbocycles. The lowest BCUT2D eigenvalue weighted by atomic mass is 10.2. The molecule has 1 aliphatic heterocycles. The van der Waals surface area contributed by atoms with Crippen LogP contribution in [0.3, 0.4) is 0 Å². The van der Waals surface area contributed by atoms with Crippen molar-refractivity contribution in [1.82, 2.24) is 4.90 Å². The summed E-state index contributed by atoms with van der Waals surface area (Å²) in [6.45, 7) is 7.77. The summed E-state index contributed by atoms with van der Waals surface area (Å²) in [5.74, 6) is 0. The molecule has 2 nitrogen and oxygen atoms in total. The van der Waals surface area contributed by atoms with Crippen molar-refractivity contribution in [1.29, 1.82) is 0 Å². The SMILES string of the molecule is Cc1cccc(N2CCN(Cc3ccc(Br)s3)CC2)c1. The van der Waals surface area contributed by atoms with Crippen molar-refractivity contribution in [3.05, 3.63) is 50.6 Å². The molecule has 1 aromatic carbocycles. The lowest BCUT2D eigenvalue weighted by molar-refractivity contribution is 0.252.